The predicted molar refractivity (Wildman–Crippen MR) is 157 cm³/mol. The molecule has 3 N–H and O–H groups in total. The molecule has 0 saturated heterocycles. The zero-order valence-corrected chi connectivity index (χ0v) is 23.7. The van der Waals surface area contributed by atoms with E-state index in [0.29, 0.717) is 42.2 Å². The quantitative estimate of drug-likeness (QED) is 0.203. The van der Waals surface area contributed by atoms with E-state index in [4.69, 9.17) is 4.98 Å². The first-order valence-electron chi connectivity index (χ1n) is 14.0. The highest BCUT2D eigenvalue weighted by Gasteiger charge is 2.22. The second-order valence-electron chi connectivity index (χ2n) is 10.2. The number of H-pyrrole nitrogens is 2. The molecule has 2 aromatic carbocycles. The Kier molecular flexibility index (Phi) is 7.70. The van der Waals surface area contributed by atoms with Crippen LogP contribution in [0.1, 0.15) is 37.6 Å². The number of nitrogens with one attached hydrogen (secondary N) is 2. The Morgan fingerprint density at radius 3 is 2.23 bits per heavy atom. The second-order valence-corrected chi connectivity index (χ2v) is 10.2. The minimum absolute atomic E-state index is 0.115. The molecule has 0 saturated carbocycles. The Bertz CT molecular complexity index is 1990. The molecule has 0 amide bonds. The van der Waals surface area contributed by atoms with Crippen molar-refractivity contribution < 1.29 is 5.11 Å². The molecule has 0 spiro atoms. The molecule has 0 aliphatic rings. The molecular weight excluding hydrogens is 552 g/mol. The van der Waals surface area contributed by atoms with Gasteiger partial charge in [0.05, 0.1) is 0 Å². The second kappa shape index (κ2) is 11.9. The number of unbranched alkanes of at least 4 members (excludes halogenated alkanes) is 1. The molecule has 4 aromatic heterocycles. The number of fused-ring (bicyclic) bond motifs is 1. The summed E-state index contributed by atoms with van der Waals surface area (Å²) in [6, 6.07) is 13.6. The van der Waals surface area contributed by atoms with Crippen LogP contribution in [0, 0.1) is 0 Å². The van der Waals surface area contributed by atoms with Gasteiger partial charge < -0.3 is 9.67 Å². The third-order valence-corrected chi connectivity index (χ3v) is 7.42. The van der Waals surface area contributed by atoms with Gasteiger partial charge in [0.1, 0.15) is 5.82 Å². The molecule has 6 aromatic rings. The number of aryl methyl sites for hydroxylation is 2. The molecule has 6 rings (SSSR count). The Morgan fingerprint density at radius 1 is 0.860 bits per heavy atom. The number of tetrazole rings is 2. The average Bonchev–Trinajstić information content (AvgIpc) is 3.81. The van der Waals surface area contributed by atoms with Crippen molar-refractivity contribution in [2.45, 2.75) is 45.7 Å². The van der Waals surface area contributed by atoms with Crippen molar-refractivity contribution in [3.05, 3.63) is 74.7 Å². The smallest absolute Gasteiger partial charge is 0.332 e. The van der Waals surface area contributed by atoms with Gasteiger partial charge in [0.25, 0.3) is 5.56 Å². The number of benzene rings is 2. The van der Waals surface area contributed by atoms with Crippen LogP contribution in [0.4, 0.5) is 0 Å². The first-order valence-corrected chi connectivity index (χ1v) is 14.0. The lowest BCUT2D eigenvalue weighted by atomic mass is 9.93. The van der Waals surface area contributed by atoms with Gasteiger partial charge in [-0.25, -0.2) is 9.78 Å². The molecule has 0 aliphatic carbocycles. The van der Waals surface area contributed by atoms with Gasteiger partial charge in [0.2, 0.25) is 11.6 Å². The van der Waals surface area contributed by atoms with Gasteiger partial charge in [-0.3, -0.25) is 13.9 Å². The highest BCUT2D eigenvalue weighted by atomic mass is 16.3. The standard InChI is InChI=1S/C28H30N12O3/c1-3-4-10-22-29-26-23(27(42)39(13-7-14-41)28(43)38(26)2)40(22)16-17-11-12-19(21(15-17)25-32-36-37-33-25)18-8-5-6-9-20(18)24-30-34-35-31-24/h5-6,8-9,11-12,15,41H,3-4,7,10,13-14,16H2,1-2H3,(H,30,31,34,35)(H,32,33,36,37). The molecule has 43 heavy (non-hydrogen) atoms. The summed E-state index contributed by atoms with van der Waals surface area (Å²) in [6.45, 7) is 2.40. The van der Waals surface area contributed by atoms with E-state index in [0.717, 1.165) is 46.5 Å². The maximum atomic E-state index is 13.7. The summed E-state index contributed by atoms with van der Waals surface area (Å²) in [5.41, 5.74) is 3.86. The maximum absolute atomic E-state index is 13.7. The number of nitrogens with zero attached hydrogens (tertiary/aromatic N) is 10. The van der Waals surface area contributed by atoms with Crippen LogP contribution in [0.15, 0.2) is 52.1 Å². The van der Waals surface area contributed by atoms with Crippen molar-refractivity contribution in [3.8, 4) is 33.9 Å². The molecule has 4 heterocycles. The molecule has 0 atom stereocenters. The van der Waals surface area contributed by atoms with Crippen LogP contribution in [-0.2, 0) is 26.6 Å². The third-order valence-electron chi connectivity index (χ3n) is 7.42. The first-order chi connectivity index (χ1) is 21.0. The molecular formula is C28H30N12O3. The van der Waals surface area contributed by atoms with E-state index >= 15 is 0 Å². The predicted octanol–water partition coefficient (Wildman–Crippen LogP) is 1.70. The van der Waals surface area contributed by atoms with Crippen LogP contribution >= 0.6 is 0 Å². The maximum Gasteiger partial charge on any atom is 0.332 e. The lowest BCUT2D eigenvalue weighted by molar-refractivity contribution is 0.277. The van der Waals surface area contributed by atoms with Gasteiger partial charge in [-0.2, -0.15) is 10.4 Å². The van der Waals surface area contributed by atoms with Crippen molar-refractivity contribution in [3.63, 3.8) is 0 Å². The number of aromatic nitrogens is 12. The monoisotopic (exact) mass is 582 g/mol. The Morgan fingerprint density at radius 2 is 1.56 bits per heavy atom. The zero-order chi connectivity index (χ0) is 29.9. The third kappa shape index (κ3) is 5.14. The summed E-state index contributed by atoms with van der Waals surface area (Å²) in [6.07, 6.45) is 2.75. The minimum Gasteiger partial charge on any atom is -0.396 e. The number of aliphatic hydroxyl groups excluding tert-OH is 1. The van der Waals surface area contributed by atoms with Crippen LogP contribution in [0.25, 0.3) is 45.1 Å². The van der Waals surface area contributed by atoms with Crippen molar-refractivity contribution in [1.82, 2.24) is 59.9 Å². The summed E-state index contributed by atoms with van der Waals surface area (Å²) in [5.74, 6) is 1.57. The number of aliphatic hydroxyl groups is 1. The van der Waals surface area contributed by atoms with Crippen LogP contribution in [0.2, 0.25) is 0 Å². The SMILES string of the molecule is CCCCc1nc2c(c(=O)n(CCCO)c(=O)n2C)n1Cc1ccc(-c2ccccc2-c2nn[nH]n2)c(-c2nn[nH]n2)c1. The van der Waals surface area contributed by atoms with E-state index in [2.05, 4.69) is 48.2 Å². The van der Waals surface area contributed by atoms with Crippen molar-refractivity contribution >= 4 is 11.2 Å². The summed E-state index contributed by atoms with van der Waals surface area (Å²) in [5, 5.41) is 38.7. The number of imidazole rings is 1. The fourth-order valence-electron chi connectivity index (χ4n) is 5.30. The van der Waals surface area contributed by atoms with E-state index in [1.54, 1.807) is 7.05 Å². The van der Waals surface area contributed by atoms with E-state index in [1.165, 1.54) is 9.13 Å². The summed E-state index contributed by atoms with van der Waals surface area (Å²) < 4.78 is 4.47. The highest BCUT2D eigenvalue weighted by Crippen LogP contribution is 2.36. The number of hydrogen-bond acceptors (Lipinski definition) is 10. The minimum atomic E-state index is -0.457. The lowest BCUT2D eigenvalue weighted by Crippen LogP contribution is -2.40. The zero-order valence-electron chi connectivity index (χ0n) is 23.7. The normalized spacial score (nSPS) is 11.5. The highest BCUT2D eigenvalue weighted by molar-refractivity contribution is 5.88. The fourth-order valence-corrected chi connectivity index (χ4v) is 5.30. The lowest BCUT2D eigenvalue weighted by Gasteiger charge is -2.14. The Labute approximate surface area is 244 Å². The number of rotatable bonds is 11. The van der Waals surface area contributed by atoms with Crippen molar-refractivity contribution in [2.24, 2.45) is 7.05 Å². The van der Waals surface area contributed by atoms with Crippen LogP contribution in [-0.4, -0.2) is 71.6 Å². The molecule has 0 fully saturated rings. The Balaban J connectivity index is 1.51. The summed E-state index contributed by atoms with van der Waals surface area (Å²) >= 11 is 0. The van der Waals surface area contributed by atoms with Gasteiger partial charge in [0.15, 0.2) is 11.2 Å². The fraction of sp³-hybridized carbons (Fsp3) is 0.321. The van der Waals surface area contributed by atoms with E-state index in [9.17, 15) is 14.7 Å². The summed E-state index contributed by atoms with van der Waals surface area (Å²) in [4.78, 5) is 31.5. The number of aromatic amines is 2. The molecule has 15 nitrogen and oxygen atoms in total. The van der Waals surface area contributed by atoms with Gasteiger partial charge in [-0.15, -0.1) is 20.4 Å². The molecule has 0 radical (unpaired) electrons. The topological polar surface area (TPSA) is 191 Å². The van der Waals surface area contributed by atoms with E-state index in [1.807, 2.05) is 47.0 Å². The molecule has 0 bridgehead atoms. The summed E-state index contributed by atoms with van der Waals surface area (Å²) in [7, 11) is 1.62. The van der Waals surface area contributed by atoms with Gasteiger partial charge >= 0.3 is 5.69 Å². The molecule has 220 valence electrons. The van der Waals surface area contributed by atoms with Crippen LogP contribution in [0.3, 0.4) is 0 Å². The van der Waals surface area contributed by atoms with Gasteiger partial charge in [0, 0.05) is 44.3 Å². The van der Waals surface area contributed by atoms with Crippen molar-refractivity contribution in [1.29, 1.82) is 0 Å². The average molecular weight is 583 g/mol. The largest absolute Gasteiger partial charge is 0.396 e. The van der Waals surface area contributed by atoms with E-state index in [-0.39, 0.29) is 13.2 Å². The number of hydrogen-bond donors (Lipinski definition) is 3. The first kappa shape index (κ1) is 27.8. The van der Waals surface area contributed by atoms with Gasteiger partial charge in [-0.1, -0.05) is 49.7 Å². The Hall–Kier alpha value is -5.31. The van der Waals surface area contributed by atoms with Crippen LogP contribution in [0.5, 0.6) is 0 Å². The van der Waals surface area contributed by atoms with E-state index < -0.39 is 11.2 Å². The molecule has 0 unspecified atom stereocenters. The molecule has 15 heteroatoms. The van der Waals surface area contributed by atoms with Crippen LogP contribution < -0.4 is 11.2 Å². The van der Waals surface area contributed by atoms with Gasteiger partial charge in [-0.05, 0) is 46.0 Å². The molecule has 0 aliphatic heterocycles. The van der Waals surface area contributed by atoms with Crippen molar-refractivity contribution in [2.75, 3.05) is 6.61 Å².